The van der Waals surface area contributed by atoms with E-state index in [0.717, 1.165) is 3.86 Å². The van der Waals surface area contributed by atoms with Crippen molar-refractivity contribution in [2.45, 2.75) is 48.8 Å². The van der Waals surface area contributed by atoms with Crippen LogP contribution in [0.15, 0.2) is 0 Å². The van der Waals surface area contributed by atoms with Crippen molar-refractivity contribution < 1.29 is 0 Å². The van der Waals surface area contributed by atoms with Gasteiger partial charge in [-0.25, -0.2) is 0 Å². The Balaban J connectivity index is 2.92. The van der Waals surface area contributed by atoms with E-state index in [-0.39, 0.29) is 0 Å². The summed E-state index contributed by atoms with van der Waals surface area (Å²) >= 11 is 10.0. The van der Waals surface area contributed by atoms with Crippen LogP contribution in [0.2, 0.25) is 0 Å². The molecule has 0 atom stereocenters. The zero-order valence-electron chi connectivity index (χ0n) is 7.62. The highest BCUT2D eigenvalue weighted by Crippen LogP contribution is 2.20. The molecule has 0 aromatic carbocycles. The molecule has 0 saturated heterocycles. The maximum absolute atomic E-state index is 2.50. The molecule has 0 aliphatic heterocycles. The molecular weight excluding hydrogens is 616 g/mol. The Morgan fingerprint density at radius 1 is 0.538 bits per heavy atom. The molecule has 0 N–H and O–H groups in total. The fourth-order valence-corrected chi connectivity index (χ4v) is 2.89. The third kappa shape index (κ3) is 14.9. The van der Waals surface area contributed by atoms with Gasteiger partial charge in [-0.2, -0.15) is 0 Å². The smallest absolute Gasteiger partial charge is 0.0626 e. The van der Waals surface area contributed by atoms with E-state index in [1.807, 2.05) is 0 Å². The molecule has 0 rings (SSSR count). The molecule has 0 aromatic heterocycles. The maximum atomic E-state index is 2.50. The van der Waals surface area contributed by atoms with Gasteiger partial charge in [-0.3, -0.25) is 0 Å². The lowest BCUT2D eigenvalue weighted by atomic mass is 10.1. The molecule has 0 spiro atoms. The van der Waals surface area contributed by atoms with E-state index in [0.29, 0.717) is 0 Å². The molecule has 13 heavy (non-hydrogen) atoms. The Morgan fingerprint density at radius 3 is 1.15 bits per heavy atom. The topological polar surface area (TPSA) is 0 Å². The first kappa shape index (κ1) is 15.9. The van der Waals surface area contributed by atoms with Gasteiger partial charge in [0.2, 0.25) is 0 Å². The normalized spacial score (nSPS) is 11.5. The monoisotopic (exact) mass is 632 g/mol. The van der Waals surface area contributed by atoms with Gasteiger partial charge in [-0.15, -0.1) is 0 Å². The van der Waals surface area contributed by atoms with Crippen LogP contribution in [0.5, 0.6) is 0 Å². The van der Waals surface area contributed by atoms with Gasteiger partial charge in [-0.05, 0) is 12.8 Å². The molecule has 0 aliphatic carbocycles. The number of hydrogen-bond donors (Lipinski definition) is 0. The summed E-state index contributed by atoms with van der Waals surface area (Å²) < 4.78 is 1.67. The minimum atomic E-state index is 0.836. The molecule has 0 heterocycles. The lowest BCUT2D eigenvalue weighted by molar-refractivity contribution is 0.605. The quantitative estimate of drug-likeness (QED) is 0.172. The second-order valence-corrected chi connectivity index (χ2v) is 13.9. The first-order chi connectivity index (χ1) is 6.13. The number of unbranched alkanes of at least 4 members (excludes halogenated alkanes) is 4. The molecule has 0 aromatic rings. The Morgan fingerprint density at radius 2 is 0.846 bits per heavy atom. The van der Waals surface area contributed by atoms with Crippen LogP contribution in [0.1, 0.15) is 44.9 Å². The summed E-state index contributed by atoms with van der Waals surface area (Å²) in [7, 11) is 0. The van der Waals surface area contributed by atoms with Crippen molar-refractivity contribution in [3.63, 3.8) is 0 Å². The van der Waals surface area contributed by atoms with Crippen LogP contribution in [0.4, 0.5) is 0 Å². The second kappa shape index (κ2) is 11.4. The third-order valence-electron chi connectivity index (χ3n) is 1.84. The summed E-state index contributed by atoms with van der Waals surface area (Å²) in [5.41, 5.74) is 0. The number of alkyl halides is 4. The largest absolute Gasteiger partial charge is 0.0710 e. The highest BCUT2D eigenvalue weighted by atomic mass is 127. The number of halogens is 4. The molecule has 0 amide bonds. The van der Waals surface area contributed by atoms with Crippen LogP contribution < -0.4 is 0 Å². The van der Waals surface area contributed by atoms with Crippen molar-refractivity contribution in [2.75, 3.05) is 0 Å². The molecule has 0 unspecified atom stereocenters. The van der Waals surface area contributed by atoms with E-state index in [2.05, 4.69) is 90.4 Å². The number of hydrogen-bond acceptors (Lipinski definition) is 0. The molecule has 0 radical (unpaired) electrons. The van der Waals surface area contributed by atoms with Gasteiger partial charge in [0.05, 0.1) is 3.86 Å². The van der Waals surface area contributed by atoms with Crippen LogP contribution in [0, 0.1) is 0 Å². The summed E-state index contributed by atoms with van der Waals surface area (Å²) in [4.78, 5) is 0. The highest BCUT2D eigenvalue weighted by Gasteiger charge is 1.98. The lowest BCUT2D eigenvalue weighted by Gasteiger charge is -2.03. The van der Waals surface area contributed by atoms with E-state index < -0.39 is 0 Å². The van der Waals surface area contributed by atoms with E-state index in [1.54, 1.807) is 0 Å². The highest BCUT2D eigenvalue weighted by molar-refractivity contribution is 14.2. The van der Waals surface area contributed by atoms with Gasteiger partial charge in [-0.1, -0.05) is 122 Å². The number of rotatable bonds is 8. The zero-order chi connectivity index (χ0) is 10.1. The Hall–Kier alpha value is 2.92. The lowest BCUT2D eigenvalue weighted by Crippen LogP contribution is -1.87. The van der Waals surface area contributed by atoms with E-state index in [4.69, 9.17) is 0 Å². The van der Waals surface area contributed by atoms with Crippen LogP contribution in [-0.4, -0.2) is 3.86 Å². The van der Waals surface area contributed by atoms with Crippen molar-refractivity contribution in [1.29, 1.82) is 0 Å². The first-order valence-corrected chi connectivity index (χ1v) is 9.67. The average molecular weight is 632 g/mol. The SMILES string of the molecule is IC(I)CCCCCCCC(I)I. The van der Waals surface area contributed by atoms with Gasteiger partial charge in [0.25, 0.3) is 0 Å². The van der Waals surface area contributed by atoms with Gasteiger partial charge in [0, 0.05) is 0 Å². The average Bonchev–Trinajstić information content (AvgIpc) is 2.01. The third-order valence-corrected chi connectivity index (χ3v) is 4.34. The Labute approximate surface area is 137 Å². The summed E-state index contributed by atoms with van der Waals surface area (Å²) in [6.45, 7) is 0. The summed E-state index contributed by atoms with van der Waals surface area (Å²) in [5.74, 6) is 0. The second-order valence-electron chi connectivity index (χ2n) is 3.13. The Kier molecular flexibility index (Phi) is 14.0. The summed E-state index contributed by atoms with van der Waals surface area (Å²) in [6, 6.07) is 0. The van der Waals surface area contributed by atoms with Crippen LogP contribution in [0.25, 0.3) is 0 Å². The van der Waals surface area contributed by atoms with Crippen molar-refractivity contribution in [3.05, 3.63) is 0 Å². The molecule has 0 fully saturated rings. The van der Waals surface area contributed by atoms with Crippen molar-refractivity contribution in [2.24, 2.45) is 0 Å². The minimum Gasteiger partial charge on any atom is -0.0710 e. The summed E-state index contributed by atoms with van der Waals surface area (Å²) in [5, 5.41) is 0. The standard InChI is InChI=1S/C9H16I4/c10-8(11)6-4-2-1-3-5-7-9(12)13/h8-9H,1-7H2. The predicted molar refractivity (Wildman–Crippen MR) is 96.0 cm³/mol. The first-order valence-electron chi connectivity index (χ1n) is 4.69. The fraction of sp³-hybridized carbons (Fsp3) is 1.00. The van der Waals surface area contributed by atoms with Crippen molar-refractivity contribution in [1.82, 2.24) is 0 Å². The molecular formula is C9H16I4. The van der Waals surface area contributed by atoms with E-state index >= 15 is 0 Å². The van der Waals surface area contributed by atoms with E-state index in [9.17, 15) is 0 Å². The predicted octanol–water partition coefficient (Wildman–Crippen LogP) is 6.11. The van der Waals surface area contributed by atoms with Gasteiger partial charge >= 0.3 is 0 Å². The zero-order valence-corrected chi connectivity index (χ0v) is 16.2. The van der Waals surface area contributed by atoms with Crippen LogP contribution >= 0.6 is 90.4 Å². The molecule has 80 valence electrons. The minimum absolute atomic E-state index is 0.836. The van der Waals surface area contributed by atoms with Crippen LogP contribution in [0.3, 0.4) is 0 Å². The van der Waals surface area contributed by atoms with Crippen molar-refractivity contribution >= 4 is 90.4 Å². The van der Waals surface area contributed by atoms with Crippen molar-refractivity contribution in [3.8, 4) is 0 Å². The fourth-order valence-electron chi connectivity index (χ4n) is 1.13. The molecule has 0 bridgehead atoms. The summed E-state index contributed by atoms with van der Waals surface area (Å²) in [6.07, 6.45) is 9.96. The molecule has 4 heteroatoms. The molecule has 0 nitrogen and oxygen atoms in total. The Bertz CT molecular complexity index is 91.8. The molecule has 0 saturated carbocycles. The van der Waals surface area contributed by atoms with Gasteiger partial charge < -0.3 is 0 Å². The van der Waals surface area contributed by atoms with E-state index in [1.165, 1.54) is 44.9 Å². The maximum Gasteiger partial charge on any atom is 0.0626 e. The van der Waals surface area contributed by atoms with Gasteiger partial charge in [0.15, 0.2) is 0 Å². The van der Waals surface area contributed by atoms with Crippen LogP contribution in [-0.2, 0) is 0 Å². The van der Waals surface area contributed by atoms with Gasteiger partial charge in [0.1, 0.15) is 0 Å². The molecule has 0 aliphatic rings.